The Morgan fingerprint density at radius 2 is 1.91 bits per heavy atom. The maximum Gasteiger partial charge on any atom is 0.0716 e. The van der Waals surface area contributed by atoms with E-state index in [4.69, 9.17) is 4.74 Å². The van der Waals surface area contributed by atoms with Crippen molar-refractivity contribution in [1.29, 1.82) is 0 Å². The number of ether oxygens (including phenoxy) is 1. The summed E-state index contributed by atoms with van der Waals surface area (Å²) in [7, 11) is 0. The fourth-order valence-electron chi connectivity index (χ4n) is 4.05. The van der Waals surface area contributed by atoms with Gasteiger partial charge in [0.2, 0.25) is 0 Å². The fourth-order valence-corrected chi connectivity index (χ4v) is 4.05. The molecule has 2 N–H and O–H groups in total. The van der Waals surface area contributed by atoms with Crippen molar-refractivity contribution in [2.24, 2.45) is 5.92 Å². The van der Waals surface area contributed by atoms with Gasteiger partial charge in [-0.2, -0.15) is 0 Å². The topological polar surface area (TPSA) is 56.2 Å². The van der Waals surface area contributed by atoms with Gasteiger partial charge < -0.3 is 14.9 Å². The van der Waals surface area contributed by atoms with Crippen LogP contribution in [0.1, 0.15) is 39.0 Å². The lowest BCUT2D eigenvalue weighted by molar-refractivity contribution is -0.0894. The number of hydrogen-bond acceptors (Lipinski definition) is 5. The molecular weight excluding hydrogens is 280 g/mol. The van der Waals surface area contributed by atoms with Gasteiger partial charge in [0, 0.05) is 58.4 Å². The molecule has 0 spiro atoms. The molecule has 3 aliphatic rings. The smallest absolute Gasteiger partial charge is 0.0716 e. The van der Waals surface area contributed by atoms with Crippen LogP contribution in [0.25, 0.3) is 0 Å². The Balaban J connectivity index is 1.46. The molecule has 2 saturated heterocycles. The normalized spacial score (nSPS) is 32.6. The first-order valence-corrected chi connectivity index (χ1v) is 8.99. The fraction of sp³-hybridized carbons (Fsp3) is 1.00. The number of β-amino-alcohol motifs (C(OH)–C–C–N with tert-alkyl or cyclic N) is 1. The maximum atomic E-state index is 10.5. The lowest BCUT2D eigenvalue weighted by atomic mass is 9.88. The van der Waals surface area contributed by atoms with Crippen LogP contribution < -0.4 is 0 Å². The molecule has 128 valence electrons. The van der Waals surface area contributed by atoms with Gasteiger partial charge in [-0.05, 0) is 31.6 Å². The zero-order valence-electron chi connectivity index (χ0n) is 13.9. The van der Waals surface area contributed by atoms with Crippen molar-refractivity contribution in [1.82, 2.24) is 9.80 Å². The number of hydrogen-bond donors (Lipinski definition) is 2. The van der Waals surface area contributed by atoms with Crippen molar-refractivity contribution in [2.45, 2.75) is 56.8 Å². The van der Waals surface area contributed by atoms with Gasteiger partial charge in [0.15, 0.2) is 0 Å². The third kappa shape index (κ3) is 4.65. The first-order chi connectivity index (χ1) is 10.5. The number of nitrogens with zero attached hydrogens (tertiary/aromatic N) is 2. The van der Waals surface area contributed by atoms with Gasteiger partial charge in [0.05, 0.1) is 11.7 Å². The Labute approximate surface area is 134 Å². The van der Waals surface area contributed by atoms with Crippen molar-refractivity contribution >= 4 is 0 Å². The largest absolute Gasteiger partial charge is 0.392 e. The summed E-state index contributed by atoms with van der Waals surface area (Å²) in [6.07, 6.45) is 4.07. The van der Waals surface area contributed by atoms with Gasteiger partial charge in [-0.1, -0.05) is 6.92 Å². The predicted molar refractivity (Wildman–Crippen MR) is 85.8 cm³/mol. The molecule has 22 heavy (non-hydrogen) atoms. The standard InChI is InChI=1S/C17H32N2O3/c1-14-11-18(6-7-19(12-14)15-2-3-15)13-16(20)10-17(21)4-8-22-9-5-17/h14-16,20-21H,2-13H2,1H3. The summed E-state index contributed by atoms with van der Waals surface area (Å²) in [5.41, 5.74) is -0.727. The second-order valence-corrected chi connectivity index (χ2v) is 7.79. The van der Waals surface area contributed by atoms with Gasteiger partial charge >= 0.3 is 0 Å². The van der Waals surface area contributed by atoms with E-state index in [0.717, 1.165) is 25.7 Å². The minimum atomic E-state index is -0.727. The van der Waals surface area contributed by atoms with Crippen molar-refractivity contribution in [3.05, 3.63) is 0 Å². The van der Waals surface area contributed by atoms with Crippen LogP contribution in [0.2, 0.25) is 0 Å². The highest BCUT2D eigenvalue weighted by atomic mass is 16.5. The van der Waals surface area contributed by atoms with Crippen molar-refractivity contribution < 1.29 is 14.9 Å². The summed E-state index contributed by atoms with van der Waals surface area (Å²) < 4.78 is 5.31. The highest BCUT2D eigenvalue weighted by Crippen LogP contribution is 2.29. The third-order valence-electron chi connectivity index (χ3n) is 5.39. The highest BCUT2D eigenvalue weighted by molar-refractivity contribution is 4.89. The molecule has 2 unspecified atom stereocenters. The SMILES string of the molecule is CC1CN(CC(O)CC2(O)CCOCC2)CCN(C2CC2)C1. The average molecular weight is 312 g/mol. The van der Waals surface area contributed by atoms with Crippen molar-refractivity contribution in [3.8, 4) is 0 Å². The van der Waals surface area contributed by atoms with E-state index in [0.29, 0.717) is 44.9 Å². The van der Waals surface area contributed by atoms with Crippen LogP contribution in [0.3, 0.4) is 0 Å². The van der Waals surface area contributed by atoms with Gasteiger partial charge in [0.25, 0.3) is 0 Å². The number of aliphatic hydroxyl groups excluding tert-OH is 1. The van der Waals surface area contributed by atoms with Crippen LogP contribution in [-0.2, 0) is 4.74 Å². The van der Waals surface area contributed by atoms with E-state index in [1.807, 2.05) is 0 Å². The van der Waals surface area contributed by atoms with Crippen molar-refractivity contribution in [2.75, 3.05) is 45.9 Å². The molecule has 0 aromatic heterocycles. The molecule has 2 aliphatic heterocycles. The third-order valence-corrected chi connectivity index (χ3v) is 5.39. The molecule has 5 heteroatoms. The minimum Gasteiger partial charge on any atom is -0.392 e. The van der Waals surface area contributed by atoms with Crippen LogP contribution in [0.15, 0.2) is 0 Å². The van der Waals surface area contributed by atoms with Gasteiger partial charge in [-0.15, -0.1) is 0 Å². The Morgan fingerprint density at radius 3 is 2.59 bits per heavy atom. The molecule has 0 amide bonds. The van der Waals surface area contributed by atoms with Crippen molar-refractivity contribution in [3.63, 3.8) is 0 Å². The Kier molecular flexibility index (Phi) is 5.40. The van der Waals surface area contributed by atoms with E-state index >= 15 is 0 Å². The molecule has 2 heterocycles. The summed E-state index contributed by atoms with van der Waals surface area (Å²) in [6.45, 7) is 8.64. The number of rotatable bonds is 5. The first-order valence-electron chi connectivity index (χ1n) is 8.99. The molecule has 5 nitrogen and oxygen atoms in total. The van der Waals surface area contributed by atoms with Gasteiger partial charge in [0.1, 0.15) is 0 Å². The lowest BCUT2D eigenvalue weighted by Gasteiger charge is -2.35. The maximum absolute atomic E-state index is 10.5. The van der Waals surface area contributed by atoms with Crippen LogP contribution in [0, 0.1) is 5.92 Å². The molecular formula is C17H32N2O3. The van der Waals surface area contributed by atoms with E-state index in [9.17, 15) is 10.2 Å². The molecule has 0 bridgehead atoms. The summed E-state index contributed by atoms with van der Waals surface area (Å²) in [6, 6.07) is 0.829. The number of aliphatic hydroxyl groups is 2. The van der Waals surface area contributed by atoms with E-state index in [1.54, 1.807) is 0 Å². The predicted octanol–water partition coefficient (Wildman–Crippen LogP) is 0.695. The molecule has 0 radical (unpaired) electrons. The molecule has 0 aromatic rings. The van der Waals surface area contributed by atoms with Crippen LogP contribution in [-0.4, -0.2) is 83.7 Å². The highest BCUT2D eigenvalue weighted by Gasteiger charge is 2.34. The molecule has 1 aliphatic carbocycles. The summed E-state index contributed by atoms with van der Waals surface area (Å²) in [5, 5.41) is 21.0. The van der Waals surface area contributed by atoms with E-state index in [-0.39, 0.29) is 0 Å². The quantitative estimate of drug-likeness (QED) is 0.782. The van der Waals surface area contributed by atoms with Crippen LogP contribution >= 0.6 is 0 Å². The second kappa shape index (κ2) is 7.14. The van der Waals surface area contributed by atoms with Crippen LogP contribution in [0.4, 0.5) is 0 Å². The van der Waals surface area contributed by atoms with E-state index in [1.165, 1.54) is 19.4 Å². The Morgan fingerprint density at radius 1 is 1.18 bits per heavy atom. The van der Waals surface area contributed by atoms with E-state index in [2.05, 4.69) is 16.7 Å². The lowest BCUT2D eigenvalue weighted by Crippen LogP contribution is -2.43. The summed E-state index contributed by atoms with van der Waals surface area (Å²) in [5.74, 6) is 0.654. The molecule has 3 rings (SSSR count). The van der Waals surface area contributed by atoms with Gasteiger partial charge in [-0.25, -0.2) is 0 Å². The summed E-state index contributed by atoms with van der Waals surface area (Å²) >= 11 is 0. The minimum absolute atomic E-state index is 0.442. The monoisotopic (exact) mass is 312 g/mol. The average Bonchev–Trinajstić information content (AvgIpc) is 3.26. The van der Waals surface area contributed by atoms with Crippen LogP contribution in [0.5, 0.6) is 0 Å². The Hall–Kier alpha value is -0.200. The zero-order chi connectivity index (χ0) is 15.6. The Bertz CT molecular complexity index is 356. The molecule has 2 atom stereocenters. The first kappa shape index (κ1) is 16.7. The van der Waals surface area contributed by atoms with Gasteiger partial charge in [-0.3, -0.25) is 9.80 Å². The second-order valence-electron chi connectivity index (χ2n) is 7.79. The van der Waals surface area contributed by atoms with E-state index < -0.39 is 11.7 Å². The summed E-state index contributed by atoms with van der Waals surface area (Å²) in [4.78, 5) is 5.02. The molecule has 1 saturated carbocycles. The molecule has 0 aromatic carbocycles. The zero-order valence-corrected chi connectivity index (χ0v) is 13.9. The molecule has 3 fully saturated rings.